The molecule has 1 fully saturated rings. The van der Waals surface area contributed by atoms with Crippen LogP contribution in [0.15, 0.2) is 18.2 Å². The minimum Gasteiger partial charge on any atom is -0.507 e. The summed E-state index contributed by atoms with van der Waals surface area (Å²) in [7, 11) is 0. The Labute approximate surface area is 90.5 Å². The largest absolute Gasteiger partial charge is 0.507 e. The van der Waals surface area contributed by atoms with Gasteiger partial charge in [0.15, 0.2) is 0 Å². The predicted molar refractivity (Wildman–Crippen MR) is 60.5 cm³/mol. The maximum absolute atomic E-state index is 9.94. The van der Waals surface area contributed by atoms with Crippen molar-refractivity contribution in [1.82, 2.24) is 4.90 Å². The Morgan fingerprint density at radius 1 is 1.20 bits per heavy atom. The zero-order chi connectivity index (χ0) is 10.7. The van der Waals surface area contributed by atoms with Gasteiger partial charge < -0.3 is 10.8 Å². The van der Waals surface area contributed by atoms with Crippen molar-refractivity contribution in [3.8, 4) is 5.75 Å². The lowest BCUT2D eigenvalue weighted by molar-refractivity contribution is 0.323. The van der Waals surface area contributed by atoms with Gasteiger partial charge in [-0.05, 0) is 25.9 Å². The molecular weight excluding hydrogens is 188 g/mol. The van der Waals surface area contributed by atoms with E-state index in [1.807, 2.05) is 18.2 Å². The van der Waals surface area contributed by atoms with Gasteiger partial charge >= 0.3 is 0 Å². The van der Waals surface area contributed by atoms with Gasteiger partial charge in [-0.2, -0.15) is 0 Å². The van der Waals surface area contributed by atoms with Crippen molar-refractivity contribution in [3.63, 3.8) is 0 Å². The average molecular weight is 206 g/mol. The number of phenolic OH excluding ortho intramolecular Hbond substituents is 1. The van der Waals surface area contributed by atoms with E-state index in [4.69, 9.17) is 5.73 Å². The molecule has 3 nitrogen and oxygen atoms in total. The van der Waals surface area contributed by atoms with E-state index in [0.29, 0.717) is 12.3 Å². The number of benzene rings is 1. The standard InChI is InChI=1S/C12H18N2O/c13-8-10-4-3-5-11(12(10)15)9-14-6-1-2-7-14/h3-5,15H,1-2,6-9,13H2. The van der Waals surface area contributed by atoms with Gasteiger partial charge in [-0.15, -0.1) is 0 Å². The summed E-state index contributed by atoms with van der Waals surface area (Å²) in [5.41, 5.74) is 7.39. The molecule has 0 aromatic heterocycles. The van der Waals surface area contributed by atoms with Crippen LogP contribution < -0.4 is 5.73 Å². The Morgan fingerprint density at radius 2 is 1.87 bits per heavy atom. The third-order valence-corrected chi connectivity index (χ3v) is 3.02. The smallest absolute Gasteiger partial charge is 0.124 e. The van der Waals surface area contributed by atoms with Gasteiger partial charge in [0.1, 0.15) is 5.75 Å². The highest BCUT2D eigenvalue weighted by atomic mass is 16.3. The topological polar surface area (TPSA) is 49.5 Å². The molecule has 0 spiro atoms. The van der Waals surface area contributed by atoms with E-state index < -0.39 is 0 Å². The summed E-state index contributed by atoms with van der Waals surface area (Å²) in [5.74, 6) is 0.381. The van der Waals surface area contributed by atoms with Crippen molar-refractivity contribution in [1.29, 1.82) is 0 Å². The molecule has 0 saturated carbocycles. The van der Waals surface area contributed by atoms with Crippen LogP contribution in [-0.4, -0.2) is 23.1 Å². The third-order valence-electron chi connectivity index (χ3n) is 3.02. The molecule has 82 valence electrons. The first-order valence-corrected chi connectivity index (χ1v) is 5.53. The molecule has 3 heteroatoms. The van der Waals surface area contributed by atoms with Gasteiger partial charge in [0.2, 0.25) is 0 Å². The Kier molecular flexibility index (Phi) is 3.23. The van der Waals surface area contributed by atoms with E-state index in [1.165, 1.54) is 12.8 Å². The van der Waals surface area contributed by atoms with Crippen molar-refractivity contribution in [3.05, 3.63) is 29.3 Å². The second kappa shape index (κ2) is 4.64. The molecular formula is C12H18N2O. The second-order valence-electron chi connectivity index (χ2n) is 4.11. The molecule has 1 heterocycles. The molecule has 2 rings (SSSR count). The van der Waals surface area contributed by atoms with Crippen LogP contribution in [-0.2, 0) is 13.1 Å². The van der Waals surface area contributed by atoms with Crippen LogP contribution in [0.4, 0.5) is 0 Å². The van der Waals surface area contributed by atoms with Crippen LogP contribution in [0.25, 0.3) is 0 Å². The molecule has 1 aliphatic heterocycles. The zero-order valence-corrected chi connectivity index (χ0v) is 8.95. The lowest BCUT2D eigenvalue weighted by Crippen LogP contribution is -2.18. The Morgan fingerprint density at radius 3 is 2.53 bits per heavy atom. The predicted octanol–water partition coefficient (Wildman–Crippen LogP) is 1.45. The summed E-state index contributed by atoms with van der Waals surface area (Å²) in [4.78, 5) is 2.37. The molecule has 15 heavy (non-hydrogen) atoms. The number of nitrogens with zero attached hydrogens (tertiary/aromatic N) is 1. The number of likely N-dealkylation sites (tertiary alicyclic amines) is 1. The van der Waals surface area contributed by atoms with Gasteiger partial charge in [0.25, 0.3) is 0 Å². The van der Waals surface area contributed by atoms with Crippen LogP contribution >= 0.6 is 0 Å². The van der Waals surface area contributed by atoms with E-state index in [0.717, 1.165) is 30.8 Å². The van der Waals surface area contributed by atoms with Crippen LogP contribution in [0.3, 0.4) is 0 Å². The van der Waals surface area contributed by atoms with Gasteiger partial charge in [-0.3, -0.25) is 4.90 Å². The normalized spacial score (nSPS) is 17.1. The summed E-state index contributed by atoms with van der Waals surface area (Å²) in [6.45, 7) is 3.54. The van der Waals surface area contributed by atoms with E-state index >= 15 is 0 Å². The molecule has 0 aliphatic carbocycles. The molecule has 0 unspecified atom stereocenters. The number of hydrogen-bond donors (Lipinski definition) is 2. The molecule has 0 amide bonds. The minimum atomic E-state index is 0.381. The number of aromatic hydroxyl groups is 1. The zero-order valence-electron chi connectivity index (χ0n) is 8.95. The van der Waals surface area contributed by atoms with Crippen LogP contribution in [0.2, 0.25) is 0 Å². The maximum Gasteiger partial charge on any atom is 0.124 e. The Hall–Kier alpha value is -1.06. The van der Waals surface area contributed by atoms with Gasteiger partial charge in [-0.25, -0.2) is 0 Å². The summed E-state index contributed by atoms with van der Waals surface area (Å²) in [6.07, 6.45) is 2.55. The molecule has 1 aliphatic rings. The fraction of sp³-hybridized carbons (Fsp3) is 0.500. The van der Waals surface area contributed by atoms with Crippen molar-refractivity contribution in [2.24, 2.45) is 5.73 Å². The third kappa shape index (κ3) is 2.30. The fourth-order valence-corrected chi connectivity index (χ4v) is 2.12. The summed E-state index contributed by atoms with van der Waals surface area (Å²) in [6, 6.07) is 5.82. The molecule has 0 atom stereocenters. The number of rotatable bonds is 3. The molecule has 1 aromatic carbocycles. The quantitative estimate of drug-likeness (QED) is 0.787. The van der Waals surface area contributed by atoms with Crippen molar-refractivity contribution < 1.29 is 5.11 Å². The van der Waals surface area contributed by atoms with Gasteiger partial charge in [0.05, 0.1) is 0 Å². The molecule has 3 N–H and O–H groups in total. The summed E-state index contributed by atoms with van der Waals surface area (Å²) >= 11 is 0. The fourth-order valence-electron chi connectivity index (χ4n) is 2.12. The number of para-hydroxylation sites is 1. The summed E-state index contributed by atoms with van der Waals surface area (Å²) < 4.78 is 0. The molecule has 0 bridgehead atoms. The minimum absolute atomic E-state index is 0.381. The van der Waals surface area contributed by atoms with Crippen LogP contribution in [0, 0.1) is 0 Å². The van der Waals surface area contributed by atoms with E-state index in [-0.39, 0.29) is 0 Å². The average Bonchev–Trinajstić information content (AvgIpc) is 2.74. The lowest BCUT2D eigenvalue weighted by atomic mass is 10.1. The Bertz CT molecular complexity index is 332. The number of phenols is 1. The Balaban J connectivity index is 2.13. The highest BCUT2D eigenvalue weighted by Crippen LogP contribution is 2.24. The summed E-state index contributed by atoms with van der Waals surface area (Å²) in [5, 5.41) is 9.94. The van der Waals surface area contributed by atoms with Gasteiger partial charge in [-0.1, -0.05) is 18.2 Å². The van der Waals surface area contributed by atoms with Crippen molar-refractivity contribution in [2.75, 3.05) is 13.1 Å². The van der Waals surface area contributed by atoms with E-state index in [2.05, 4.69) is 4.90 Å². The first kappa shape index (κ1) is 10.5. The van der Waals surface area contributed by atoms with Crippen LogP contribution in [0.1, 0.15) is 24.0 Å². The van der Waals surface area contributed by atoms with Crippen LogP contribution in [0.5, 0.6) is 5.75 Å². The number of nitrogens with two attached hydrogens (primary N) is 1. The number of hydrogen-bond acceptors (Lipinski definition) is 3. The second-order valence-corrected chi connectivity index (χ2v) is 4.11. The van der Waals surface area contributed by atoms with Gasteiger partial charge in [0, 0.05) is 24.2 Å². The highest BCUT2D eigenvalue weighted by Gasteiger charge is 2.14. The monoisotopic (exact) mass is 206 g/mol. The molecule has 1 saturated heterocycles. The SMILES string of the molecule is NCc1cccc(CN2CCCC2)c1O. The molecule has 1 aromatic rings. The highest BCUT2D eigenvalue weighted by molar-refractivity contribution is 5.40. The van der Waals surface area contributed by atoms with Crippen molar-refractivity contribution >= 4 is 0 Å². The molecule has 0 radical (unpaired) electrons. The lowest BCUT2D eigenvalue weighted by Gasteiger charge is -2.16. The van der Waals surface area contributed by atoms with E-state index in [1.54, 1.807) is 0 Å². The maximum atomic E-state index is 9.94. The first-order valence-electron chi connectivity index (χ1n) is 5.53. The van der Waals surface area contributed by atoms with E-state index in [9.17, 15) is 5.11 Å². The van der Waals surface area contributed by atoms with Crippen molar-refractivity contribution in [2.45, 2.75) is 25.9 Å². The first-order chi connectivity index (χ1) is 7.31.